The zero-order chi connectivity index (χ0) is 34.2. The van der Waals surface area contributed by atoms with Crippen molar-refractivity contribution in [1.29, 1.82) is 0 Å². The summed E-state index contributed by atoms with van der Waals surface area (Å²) < 4.78 is 5.14. The van der Waals surface area contributed by atoms with Crippen molar-refractivity contribution in [2.45, 2.75) is 73.8 Å². The van der Waals surface area contributed by atoms with E-state index in [1.165, 1.54) is 41.6 Å². The van der Waals surface area contributed by atoms with Crippen molar-refractivity contribution in [3.8, 4) is 0 Å². The molecule has 7 heteroatoms. The number of esters is 1. The molecule has 7 nitrogen and oxygen atoms in total. The summed E-state index contributed by atoms with van der Waals surface area (Å²) >= 11 is 0. The minimum absolute atomic E-state index is 0.279. The van der Waals surface area contributed by atoms with Gasteiger partial charge in [-0.3, -0.25) is 9.69 Å². The molecule has 3 aromatic rings. The maximum atomic E-state index is 12.3. The molecule has 0 saturated carbocycles. The predicted octanol–water partition coefficient (Wildman–Crippen LogP) is 7.81. The van der Waals surface area contributed by atoms with Crippen LogP contribution in [0, 0.1) is 13.8 Å². The van der Waals surface area contributed by atoms with Gasteiger partial charge in [-0.25, -0.2) is 4.79 Å². The van der Waals surface area contributed by atoms with Crippen LogP contribution in [0.25, 0.3) is 5.70 Å². The van der Waals surface area contributed by atoms with Crippen LogP contribution >= 0.6 is 0 Å². The monoisotopic (exact) mass is 638 g/mol. The molecule has 1 aliphatic heterocycles. The van der Waals surface area contributed by atoms with E-state index in [4.69, 9.17) is 10.5 Å². The number of amides is 1. The summed E-state index contributed by atoms with van der Waals surface area (Å²) in [6, 6.07) is 23.4. The first-order valence-corrected chi connectivity index (χ1v) is 17.0. The van der Waals surface area contributed by atoms with Gasteiger partial charge in [-0.15, -0.1) is 0 Å². The van der Waals surface area contributed by atoms with Crippen LogP contribution in [0.1, 0.15) is 74.8 Å². The molecule has 0 spiro atoms. The van der Waals surface area contributed by atoms with Gasteiger partial charge in [-0.05, 0) is 99.0 Å². The van der Waals surface area contributed by atoms with Gasteiger partial charge in [-0.2, -0.15) is 0 Å². The van der Waals surface area contributed by atoms with E-state index in [1.807, 2.05) is 32.9 Å². The maximum absolute atomic E-state index is 12.3. The summed E-state index contributed by atoms with van der Waals surface area (Å²) in [6.07, 6.45) is 7.08. The van der Waals surface area contributed by atoms with Crippen LogP contribution in [0.15, 0.2) is 84.0 Å². The molecular weight excluding hydrogens is 584 g/mol. The third-order valence-corrected chi connectivity index (χ3v) is 8.55. The molecule has 3 aromatic carbocycles. The second-order valence-electron chi connectivity index (χ2n) is 12.1. The summed E-state index contributed by atoms with van der Waals surface area (Å²) in [7, 11) is 0. The lowest BCUT2D eigenvalue weighted by atomic mass is 9.97. The van der Waals surface area contributed by atoms with E-state index in [1.54, 1.807) is 19.1 Å². The molecule has 0 bridgehead atoms. The highest BCUT2D eigenvalue weighted by molar-refractivity contribution is 6.02. The predicted molar refractivity (Wildman–Crippen MR) is 196 cm³/mol. The molecule has 1 saturated heterocycles. The standard InChI is InChI=1S/C22H30N2.C18H24N2O3/c1-3-4-8-20-10-12-22(13-11-20)24-16-14-23(15-17-24)18-21-9-6-5-7-19(21)2;1-5-7-13(4)16(18(22)23-6-2)17(19)15-10-14(20-11-21)9-8-12(15)3/h5-7,9-13H,3-4,8,14-18H2,1-2H3;7-11H,5-6,19H2,1-4H3,(H,20,21)/b;13-7+,17-16-. The first-order valence-electron chi connectivity index (χ1n) is 17.0. The highest BCUT2D eigenvalue weighted by Crippen LogP contribution is 2.26. The van der Waals surface area contributed by atoms with Crippen molar-refractivity contribution < 1.29 is 14.3 Å². The number of nitrogens with zero attached hydrogens (tertiary/aromatic N) is 2. The molecule has 0 aromatic heterocycles. The van der Waals surface area contributed by atoms with E-state index < -0.39 is 5.97 Å². The van der Waals surface area contributed by atoms with Crippen molar-refractivity contribution >= 4 is 29.5 Å². The minimum atomic E-state index is -0.444. The third kappa shape index (κ3) is 11.1. The van der Waals surface area contributed by atoms with Crippen molar-refractivity contribution in [2.75, 3.05) is 43.0 Å². The van der Waals surface area contributed by atoms with E-state index >= 15 is 0 Å². The van der Waals surface area contributed by atoms with Gasteiger partial charge in [0.25, 0.3) is 0 Å². The highest BCUT2D eigenvalue weighted by Gasteiger charge is 2.20. The van der Waals surface area contributed by atoms with Gasteiger partial charge in [0.15, 0.2) is 0 Å². The van der Waals surface area contributed by atoms with Crippen LogP contribution in [0.5, 0.6) is 0 Å². The van der Waals surface area contributed by atoms with Crippen LogP contribution in [0.4, 0.5) is 11.4 Å². The number of benzene rings is 3. The fraction of sp³-hybridized carbons (Fsp3) is 0.400. The molecule has 0 radical (unpaired) electrons. The van der Waals surface area contributed by atoms with E-state index in [9.17, 15) is 9.59 Å². The number of nitrogens with two attached hydrogens (primary N) is 1. The topological polar surface area (TPSA) is 87.9 Å². The smallest absolute Gasteiger partial charge is 0.340 e. The summed E-state index contributed by atoms with van der Waals surface area (Å²) in [6.45, 7) is 17.8. The molecule has 0 atom stereocenters. The summed E-state index contributed by atoms with van der Waals surface area (Å²) in [5.74, 6) is -0.444. The van der Waals surface area contributed by atoms with Gasteiger partial charge in [0.2, 0.25) is 6.41 Å². The molecule has 3 N–H and O–H groups in total. The summed E-state index contributed by atoms with van der Waals surface area (Å²) in [5.41, 5.74) is 15.7. The van der Waals surface area contributed by atoms with Gasteiger partial charge < -0.3 is 20.7 Å². The number of unbranched alkanes of at least 4 members (excludes halogenated alkanes) is 1. The van der Waals surface area contributed by atoms with E-state index in [0.29, 0.717) is 28.9 Å². The van der Waals surface area contributed by atoms with Gasteiger partial charge in [-0.1, -0.05) is 68.8 Å². The van der Waals surface area contributed by atoms with Crippen LogP contribution < -0.4 is 16.0 Å². The van der Waals surface area contributed by atoms with Crippen LogP contribution in [0.3, 0.4) is 0 Å². The second-order valence-corrected chi connectivity index (χ2v) is 12.1. The number of hydrogen-bond acceptors (Lipinski definition) is 6. The number of carbonyl (C=O) groups is 2. The Morgan fingerprint density at radius 3 is 2.26 bits per heavy atom. The zero-order valence-electron chi connectivity index (χ0n) is 29.3. The molecule has 1 heterocycles. The Morgan fingerprint density at radius 2 is 1.64 bits per heavy atom. The Kier molecular flexibility index (Phi) is 15.3. The molecule has 0 unspecified atom stereocenters. The minimum Gasteiger partial charge on any atom is -0.462 e. The van der Waals surface area contributed by atoms with Gasteiger partial charge in [0.05, 0.1) is 17.9 Å². The lowest BCUT2D eigenvalue weighted by Crippen LogP contribution is -2.46. The Hall–Kier alpha value is -4.36. The second kappa shape index (κ2) is 19.3. The highest BCUT2D eigenvalue weighted by atomic mass is 16.5. The van der Waals surface area contributed by atoms with Gasteiger partial charge in [0, 0.05) is 49.7 Å². The fourth-order valence-electron chi connectivity index (χ4n) is 5.75. The normalized spacial score (nSPS) is 14.1. The Labute approximate surface area is 282 Å². The van der Waals surface area contributed by atoms with Crippen molar-refractivity contribution in [3.63, 3.8) is 0 Å². The molecular formula is C40H54N4O3. The summed E-state index contributed by atoms with van der Waals surface area (Å²) in [4.78, 5) is 28.1. The lowest BCUT2D eigenvalue weighted by Gasteiger charge is -2.36. The third-order valence-electron chi connectivity index (χ3n) is 8.55. The molecule has 1 amide bonds. The molecule has 252 valence electrons. The van der Waals surface area contributed by atoms with Crippen LogP contribution in [-0.4, -0.2) is 50.1 Å². The quantitative estimate of drug-likeness (QED) is 0.0860. The Balaban J connectivity index is 0.000000256. The number of anilines is 2. The van der Waals surface area contributed by atoms with Crippen molar-refractivity contribution in [2.24, 2.45) is 5.73 Å². The number of allylic oxidation sites excluding steroid dienone is 1. The molecule has 4 rings (SSSR count). The fourth-order valence-corrected chi connectivity index (χ4v) is 5.75. The van der Waals surface area contributed by atoms with Gasteiger partial charge >= 0.3 is 5.97 Å². The van der Waals surface area contributed by atoms with Crippen molar-refractivity contribution in [3.05, 3.63) is 112 Å². The number of piperazine rings is 1. The van der Waals surface area contributed by atoms with Gasteiger partial charge in [0.1, 0.15) is 0 Å². The molecule has 1 aliphatic rings. The molecule has 47 heavy (non-hydrogen) atoms. The van der Waals surface area contributed by atoms with Crippen LogP contribution in [0.2, 0.25) is 0 Å². The maximum Gasteiger partial charge on any atom is 0.340 e. The number of rotatable bonds is 13. The Bertz CT molecular complexity index is 1500. The first kappa shape index (κ1) is 37.1. The number of nitrogens with one attached hydrogen (secondary N) is 1. The van der Waals surface area contributed by atoms with Crippen LogP contribution in [-0.2, 0) is 27.3 Å². The SMILES string of the molecule is CC/C=C(C)/C(C(=O)OCC)=C(/N)c1cc(NC=O)ccc1C.CCCCc1ccc(N2CCN(Cc3ccccc3C)CC2)cc1. The average molecular weight is 639 g/mol. The summed E-state index contributed by atoms with van der Waals surface area (Å²) in [5, 5.41) is 2.59. The van der Waals surface area contributed by atoms with Crippen molar-refractivity contribution in [1.82, 2.24) is 4.90 Å². The lowest BCUT2D eigenvalue weighted by molar-refractivity contribution is -0.138. The van der Waals surface area contributed by atoms with E-state index in [0.717, 1.165) is 50.3 Å². The number of ether oxygens (including phenoxy) is 1. The number of carbonyl (C=O) groups excluding carboxylic acids is 2. The first-order chi connectivity index (χ1) is 22.7. The molecule has 1 fully saturated rings. The molecule has 0 aliphatic carbocycles. The average Bonchev–Trinajstić information content (AvgIpc) is 3.07. The zero-order valence-corrected chi connectivity index (χ0v) is 29.3. The number of aryl methyl sites for hydroxylation is 3. The number of hydrogen-bond donors (Lipinski definition) is 2. The van der Waals surface area contributed by atoms with E-state index in [-0.39, 0.29) is 6.61 Å². The Morgan fingerprint density at radius 1 is 0.936 bits per heavy atom. The largest absolute Gasteiger partial charge is 0.462 e. The van der Waals surface area contributed by atoms with E-state index in [2.05, 4.69) is 77.5 Å².